The molecule has 0 atom stereocenters. The average Bonchev–Trinajstić information content (AvgIpc) is 2.01. The van der Waals surface area contributed by atoms with Crippen molar-refractivity contribution in [1.29, 1.82) is 0 Å². The molecule has 0 saturated carbocycles. The smallest absolute Gasteiger partial charge is 0.0133 e. The molecule has 0 fully saturated rings. The highest BCUT2D eigenvalue weighted by molar-refractivity contribution is 14.1. The molecular formula is C9H12IN. The van der Waals surface area contributed by atoms with E-state index in [9.17, 15) is 0 Å². The Labute approximate surface area is 81.3 Å². The van der Waals surface area contributed by atoms with Gasteiger partial charge in [0.15, 0.2) is 0 Å². The quantitative estimate of drug-likeness (QED) is 0.821. The summed E-state index contributed by atoms with van der Waals surface area (Å²) in [6.07, 6.45) is 1.12. The van der Waals surface area contributed by atoms with E-state index in [1.807, 2.05) is 7.05 Å². The van der Waals surface area contributed by atoms with Crippen molar-refractivity contribution in [1.82, 2.24) is 5.32 Å². The third-order valence-corrected chi connectivity index (χ3v) is 2.22. The molecule has 0 aliphatic heterocycles. The van der Waals surface area contributed by atoms with Gasteiger partial charge in [0.2, 0.25) is 0 Å². The van der Waals surface area contributed by atoms with Crippen LogP contribution in [-0.2, 0) is 6.42 Å². The maximum atomic E-state index is 3.13. The van der Waals surface area contributed by atoms with Crippen LogP contribution in [0, 0.1) is 3.57 Å². The van der Waals surface area contributed by atoms with Crippen LogP contribution >= 0.6 is 22.6 Å². The van der Waals surface area contributed by atoms with Crippen molar-refractivity contribution in [2.24, 2.45) is 0 Å². The summed E-state index contributed by atoms with van der Waals surface area (Å²) in [6, 6.07) is 8.60. The summed E-state index contributed by atoms with van der Waals surface area (Å²) in [5, 5.41) is 3.13. The van der Waals surface area contributed by atoms with Gasteiger partial charge in [0.05, 0.1) is 0 Å². The first-order chi connectivity index (χ1) is 5.33. The van der Waals surface area contributed by atoms with Gasteiger partial charge in [0.1, 0.15) is 0 Å². The second kappa shape index (κ2) is 4.72. The standard InChI is InChI=1S/C9H12IN/c1-11-6-5-8-3-2-4-9(10)7-8/h2-4,7,11H,5-6H2,1H3. The first-order valence-corrected chi connectivity index (χ1v) is 4.80. The molecule has 0 heterocycles. The number of rotatable bonds is 3. The Morgan fingerprint density at radius 2 is 2.27 bits per heavy atom. The number of benzene rings is 1. The molecule has 0 saturated heterocycles. The highest BCUT2D eigenvalue weighted by atomic mass is 127. The lowest BCUT2D eigenvalue weighted by molar-refractivity contribution is 0.791. The minimum absolute atomic E-state index is 1.06. The van der Waals surface area contributed by atoms with Gasteiger partial charge in [0.25, 0.3) is 0 Å². The van der Waals surface area contributed by atoms with Crippen LogP contribution in [0.5, 0.6) is 0 Å². The van der Waals surface area contributed by atoms with Gasteiger partial charge in [-0.25, -0.2) is 0 Å². The number of hydrogen-bond acceptors (Lipinski definition) is 1. The van der Waals surface area contributed by atoms with Crippen LogP contribution < -0.4 is 5.32 Å². The Morgan fingerprint density at radius 1 is 1.45 bits per heavy atom. The van der Waals surface area contributed by atoms with E-state index in [0.29, 0.717) is 0 Å². The molecule has 1 N–H and O–H groups in total. The fourth-order valence-electron chi connectivity index (χ4n) is 0.962. The number of hydrogen-bond donors (Lipinski definition) is 1. The maximum Gasteiger partial charge on any atom is 0.0133 e. The summed E-state index contributed by atoms with van der Waals surface area (Å²) in [5.74, 6) is 0. The van der Waals surface area contributed by atoms with Crippen molar-refractivity contribution in [2.75, 3.05) is 13.6 Å². The van der Waals surface area contributed by atoms with Crippen molar-refractivity contribution in [3.8, 4) is 0 Å². The van der Waals surface area contributed by atoms with Gasteiger partial charge >= 0.3 is 0 Å². The topological polar surface area (TPSA) is 12.0 Å². The van der Waals surface area contributed by atoms with Gasteiger partial charge in [-0.05, 0) is 60.3 Å². The summed E-state index contributed by atoms with van der Waals surface area (Å²) in [4.78, 5) is 0. The first kappa shape index (κ1) is 9.00. The van der Waals surface area contributed by atoms with Gasteiger partial charge in [-0.3, -0.25) is 0 Å². The van der Waals surface area contributed by atoms with Crippen molar-refractivity contribution >= 4 is 22.6 Å². The Morgan fingerprint density at radius 3 is 2.91 bits per heavy atom. The molecular weight excluding hydrogens is 249 g/mol. The molecule has 60 valence electrons. The van der Waals surface area contributed by atoms with Crippen LogP contribution in [0.25, 0.3) is 0 Å². The van der Waals surface area contributed by atoms with E-state index in [4.69, 9.17) is 0 Å². The van der Waals surface area contributed by atoms with Crippen LogP contribution in [0.2, 0.25) is 0 Å². The second-order valence-corrected chi connectivity index (χ2v) is 3.73. The predicted octanol–water partition coefficient (Wildman–Crippen LogP) is 2.05. The molecule has 0 aliphatic rings. The van der Waals surface area contributed by atoms with Crippen LogP contribution in [0.4, 0.5) is 0 Å². The molecule has 0 bridgehead atoms. The molecule has 1 rings (SSSR count). The second-order valence-electron chi connectivity index (χ2n) is 2.48. The molecule has 0 unspecified atom stereocenters. The maximum absolute atomic E-state index is 3.13. The normalized spacial score (nSPS) is 10.0. The summed E-state index contributed by atoms with van der Waals surface area (Å²) >= 11 is 2.34. The Balaban J connectivity index is 2.56. The SMILES string of the molecule is CNCCc1cccc(I)c1. The lowest BCUT2D eigenvalue weighted by Crippen LogP contribution is -2.10. The van der Waals surface area contributed by atoms with Gasteiger partial charge in [0, 0.05) is 3.57 Å². The third kappa shape index (κ3) is 3.20. The third-order valence-electron chi connectivity index (χ3n) is 1.55. The fourth-order valence-corrected chi connectivity index (χ4v) is 1.57. The van der Waals surface area contributed by atoms with Gasteiger partial charge in [-0.15, -0.1) is 0 Å². The minimum atomic E-state index is 1.06. The Kier molecular flexibility index (Phi) is 3.86. The largest absolute Gasteiger partial charge is 0.319 e. The number of nitrogens with one attached hydrogen (secondary N) is 1. The first-order valence-electron chi connectivity index (χ1n) is 3.72. The molecule has 11 heavy (non-hydrogen) atoms. The fraction of sp³-hybridized carbons (Fsp3) is 0.333. The molecule has 0 aliphatic carbocycles. The molecule has 0 amide bonds. The summed E-state index contributed by atoms with van der Waals surface area (Å²) in [6.45, 7) is 1.06. The van der Waals surface area contributed by atoms with E-state index in [2.05, 4.69) is 52.2 Å². The zero-order valence-electron chi connectivity index (χ0n) is 6.60. The van der Waals surface area contributed by atoms with Gasteiger partial charge < -0.3 is 5.32 Å². The summed E-state index contributed by atoms with van der Waals surface area (Å²) in [7, 11) is 1.98. The number of halogens is 1. The molecule has 0 aromatic heterocycles. The lowest BCUT2D eigenvalue weighted by atomic mass is 10.2. The Bertz CT molecular complexity index is 223. The van der Waals surface area contributed by atoms with E-state index < -0.39 is 0 Å². The molecule has 1 aromatic rings. The zero-order valence-corrected chi connectivity index (χ0v) is 8.76. The molecule has 2 heteroatoms. The van der Waals surface area contributed by atoms with Crippen LogP contribution in [0.1, 0.15) is 5.56 Å². The predicted molar refractivity (Wildman–Crippen MR) is 56.8 cm³/mol. The van der Waals surface area contributed by atoms with E-state index in [1.54, 1.807) is 0 Å². The lowest BCUT2D eigenvalue weighted by Gasteiger charge is -1.99. The van der Waals surface area contributed by atoms with Crippen molar-refractivity contribution in [3.05, 3.63) is 33.4 Å². The molecule has 0 radical (unpaired) electrons. The van der Waals surface area contributed by atoms with Crippen molar-refractivity contribution in [2.45, 2.75) is 6.42 Å². The molecule has 0 spiro atoms. The van der Waals surface area contributed by atoms with Crippen LogP contribution in [0.15, 0.2) is 24.3 Å². The van der Waals surface area contributed by atoms with Crippen LogP contribution in [0.3, 0.4) is 0 Å². The number of likely N-dealkylation sites (N-methyl/N-ethyl adjacent to an activating group) is 1. The minimum Gasteiger partial charge on any atom is -0.319 e. The van der Waals surface area contributed by atoms with Crippen molar-refractivity contribution < 1.29 is 0 Å². The van der Waals surface area contributed by atoms with E-state index in [1.165, 1.54) is 9.13 Å². The Hall–Kier alpha value is -0.0900. The summed E-state index contributed by atoms with van der Waals surface area (Å²) < 4.78 is 1.32. The molecule has 1 aromatic carbocycles. The highest BCUT2D eigenvalue weighted by Gasteiger charge is 1.91. The summed E-state index contributed by atoms with van der Waals surface area (Å²) in [5.41, 5.74) is 1.41. The monoisotopic (exact) mass is 261 g/mol. The highest BCUT2D eigenvalue weighted by Crippen LogP contribution is 2.07. The van der Waals surface area contributed by atoms with E-state index in [0.717, 1.165) is 13.0 Å². The van der Waals surface area contributed by atoms with Crippen LogP contribution in [-0.4, -0.2) is 13.6 Å². The zero-order chi connectivity index (χ0) is 8.10. The average molecular weight is 261 g/mol. The van der Waals surface area contributed by atoms with Gasteiger partial charge in [-0.2, -0.15) is 0 Å². The van der Waals surface area contributed by atoms with Crippen molar-refractivity contribution in [3.63, 3.8) is 0 Å². The van der Waals surface area contributed by atoms with Gasteiger partial charge in [-0.1, -0.05) is 12.1 Å². The molecule has 1 nitrogen and oxygen atoms in total. The van der Waals surface area contributed by atoms with E-state index >= 15 is 0 Å². The van der Waals surface area contributed by atoms with E-state index in [-0.39, 0.29) is 0 Å².